The molecule has 0 saturated heterocycles. The molecule has 1 atom stereocenters. The van der Waals surface area contributed by atoms with Crippen molar-refractivity contribution in [1.29, 1.82) is 0 Å². The lowest BCUT2D eigenvalue weighted by Crippen LogP contribution is -2.26. The maximum atomic E-state index is 13.9. The van der Waals surface area contributed by atoms with Gasteiger partial charge < -0.3 is 10.3 Å². The maximum Gasteiger partial charge on any atom is 0.268 e. The van der Waals surface area contributed by atoms with Gasteiger partial charge in [-0.15, -0.1) is 0 Å². The van der Waals surface area contributed by atoms with Gasteiger partial charge in [0.25, 0.3) is 5.91 Å². The largest absolute Gasteiger partial charge is 0.351 e. The van der Waals surface area contributed by atoms with Crippen LogP contribution in [0, 0.1) is 5.82 Å². The third-order valence-corrected chi connectivity index (χ3v) is 4.61. The second-order valence-electron chi connectivity index (χ2n) is 6.28. The molecule has 0 saturated carbocycles. The van der Waals surface area contributed by atoms with Gasteiger partial charge in [0.1, 0.15) is 17.2 Å². The number of aromatic amines is 1. The van der Waals surface area contributed by atoms with Gasteiger partial charge in [0.05, 0.1) is 12.2 Å². The SMILES string of the molecule is CC(NC(=O)c1cc2cc(Cl)ccc2[nH]1)c1cnn(-c2ccccc2F)c1. The topological polar surface area (TPSA) is 62.7 Å². The quantitative estimate of drug-likeness (QED) is 0.540. The molecule has 136 valence electrons. The molecule has 5 nitrogen and oxygen atoms in total. The first-order valence-electron chi connectivity index (χ1n) is 8.40. The molecule has 0 radical (unpaired) electrons. The molecule has 0 fully saturated rings. The first kappa shape index (κ1) is 17.3. The van der Waals surface area contributed by atoms with E-state index in [9.17, 15) is 9.18 Å². The van der Waals surface area contributed by atoms with Crippen molar-refractivity contribution in [3.63, 3.8) is 0 Å². The number of benzene rings is 2. The molecule has 0 aliphatic rings. The molecule has 2 N–H and O–H groups in total. The molecule has 4 aromatic rings. The molecule has 0 bridgehead atoms. The highest BCUT2D eigenvalue weighted by atomic mass is 35.5. The van der Waals surface area contributed by atoms with Crippen LogP contribution in [-0.4, -0.2) is 20.7 Å². The first-order valence-corrected chi connectivity index (χ1v) is 8.77. The number of amides is 1. The number of fused-ring (bicyclic) bond motifs is 1. The van der Waals surface area contributed by atoms with E-state index in [2.05, 4.69) is 15.4 Å². The summed E-state index contributed by atoms with van der Waals surface area (Å²) < 4.78 is 15.4. The number of aromatic nitrogens is 3. The lowest BCUT2D eigenvalue weighted by atomic mass is 10.2. The van der Waals surface area contributed by atoms with E-state index in [4.69, 9.17) is 11.6 Å². The Morgan fingerprint density at radius 2 is 2.07 bits per heavy atom. The highest BCUT2D eigenvalue weighted by molar-refractivity contribution is 6.31. The Labute approximate surface area is 159 Å². The molecule has 1 amide bonds. The standard InChI is InChI=1S/C20H16ClFN4O/c1-12(14-10-23-26(11-14)19-5-3-2-4-16(19)22)24-20(27)18-9-13-8-15(21)6-7-17(13)25-18/h2-12,25H,1H3,(H,24,27). The van der Waals surface area contributed by atoms with Gasteiger partial charge in [-0.05, 0) is 43.3 Å². The monoisotopic (exact) mass is 382 g/mol. The maximum absolute atomic E-state index is 13.9. The smallest absolute Gasteiger partial charge is 0.268 e. The number of carbonyl (C=O) groups excluding carboxylic acids is 1. The number of hydrogen-bond acceptors (Lipinski definition) is 2. The Hall–Kier alpha value is -3.12. The van der Waals surface area contributed by atoms with E-state index in [1.807, 2.05) is 13.0 Å². The molecule has 2 heterocycles. The Balaban J connectivity index is 1.52. The first-order chi connectivity index (χ1) is 13.0. The number of para-hydroxylation sites is 1. The van der Waals surface area contributed by atoms with Crippen molar-refractivity contribution >= 4 is 28.4 Å². The average Bonchev–Trinajstić information content (AvgIpc) is 3.28. The molecule has 0 spiro atoms. The molecule has 0 aliphatic heterocycles. The van der Waals surface area contributed by atoms with Crippen LogP contribution >= 0.6 is 11.6 Å². The van der Waals surface area contributed by atoms with Crippen LogP contribution in [0.2, 0.25) is 5.02 Å². The molecule has 0 aliphatic carbocycles. The third-order valence-electron chi connectivity index (χ3n) is 4.38. The summed E-state index contributed by atoms with van der Waals surface area (Å²) in [5, 5.41) is 8.59. The van der Waals surface area contributed by atoms with Gasteiger partial charge in [-0.25, -0.2) is 9.07 Å². The van der Waals surface area contributed by atoms with Crippen molar-refractivity contribution in [3.8, 4) is 5.69 Å². The van der Waals surface area contributed by atoms with Crippen molar-refractivity contribution in [3.05, 3.63) is 83.0 Å². The van der Waals surface area contributed by atoms with Gasteiger partial charge in [-0.3, -0.25) is 4.79 Å². The van der Waals surface area contributed by atoms with Crippen molar-refractivity contribution in [2.45, 2.75) is 13.0 Å². The summed E-state index contributed by atoms with van der Waals surface area (Å²) in [6.07, 6.45) is 3.32. The zero-order valence-corrected chi connectivity index (χ0v) is 15.2. The third kappa shape index (κ3) is 3.44. The molecule has 7 heteroatoms. The van der Waals surface area contributed by atoms with Gasteiger partial charge in [-0.1, -0.05) is 23.7 Å². The number of carbonyl (C=O) groups is 1. The van der Waals surface area contributed by atoms with E-state index < -0.39 is 0 Å². The van der Waals surface area contributed by atoms with Crippen molar-refractivity contribution in [1.82, 2.24) is 20.1 Å². The van der Waals surface area contributed by atoms with Gasteiger partial charge in [0.2, 0.25) is 0 Å². The normalized spacial score (nSPS) is 12.3. The summed E-state index contributed by atoms with van der Waals surface area (Å²) >= 11 is 5.99. The summed E-state index contributed by atoms with van der Waals surface area (Å²) in [5.41, 5.74) is 2.41. The van der Waals surface area contributed by atoms with Crippen LogP contribution in [0.25, 0.3) is 16.6 Å². The fraction of sp³-hybridized carbons (Fsp3) is 0.100. The van der Waals surface area contributed by atoms with Gasteiger partial charge >= 0.3 is 0 Å². The zero-order valence-electron chi connectivity index (χ0n) is 14.4. The molecule has 4 rings (SSSR count). The number of H-pyrrole nitrogens is 1. The lowest BCUT2D eigenvalue weighted by Gasteiger charge is -2.11. The van der Waals surface area contributed by atoms with Crippen LogP contribution in [0.1, 0.15) is 29.0 Å². The minimum Gasteiger partial charge on any atom is -0.351 e. The van der Waals surface area contributed by atoms with Gasteiger partial charge in [0.15, 0.2) is 0 Å². The zero-order chi connectivity index (χ0) is 19.0. The Morgan fingerprint density at radius 1 is 1.26 bits per heavy atom. The van der Waals surface area contributed by atoms with Crippen LogP contribution in [0.15, 0.2) is 60.9 Å². The van der Waals surface area contributed by atoms with E-state index in [0.717, 1.165) is 16.5 Å². The molecule has 27 heavy (non-hydrogen) atoms. The summed E-state index contributed by atoms with van der Waals surface area (Å²) in [6, 6.07) is 13.2. The molecule has 2 aromatic carbocycles. The molecule has 2 aromatic heterocycles. The Bertz CT molecular complexity index is 1130. The minimum absolute atomic E-state index is 0.242. The van der Waals surface area contributed by atoms with Crippen molar-refractivity contribution in [2.24, 2.45) is 0 Å². The van der Waals surface area contributed by atoms with Crippen LogP contribution < -0.4 is 5.32 Å². The highest BCUT2D eigenvalue weighted by Gasteiger charge is 2.16. The van der Waals surface area contributed by atoms with E-state index in [1.54, 1.807) is 48.8 Å². The van der Waals surface area contributed by atoms with Crippen LogP contribution in [-0.2, 0) is 0 Å². The van der Waals surface area contributed by atoms with Crippen LogP contribution in [0.5, 0.6) is 0 Å². The van der Waals surface area contributed by atoms with E-state index in [1.165, 1.54) is 10.7 Å². The van der Waals surface area contributed by atoms with Crippen molar-refractivity contribution in [2.75, 3.05) is 0 Å². The second-order valence-corrected chi connectivity index (χ2v) is 6.72. The molecular formula is C20H16ClFN4O. The molecule has 1 unspecified atom stereocenters. The van der Waals surface area contributed by atoms with Crippen LogP contribution in [0.4, 0.5) is 4.39 Å². The lowest BCUT2D eigenvalue weighted by molar-refractivity contribution is 0.0935. The summed E-state index contributed by atoms with van der Waals surface area (Å²) in [7, 11) is 0. The van der Waals surface area contributed by atoms with E-state index in [0.29, 0.717) is 16.4 Å². The molecular weight excluding hydrogens is 367 g/mol. The average molecular weight is 383 g/mol. The minimum atomic E-state index is -0.361. The van der Waals surface area contributed by atoms with E-state index >= 15 is 0 Å². The van der Waals surface area contributed by atoms with Crippen molar-refractivity contribution < 1.29 is 9.18 Å². The highest BCUT2D eigenvalue weighted by Crippen LogP contribution is 2.21. The van der Waals surface area contributed by atoms with Gasteiger partial charge in [0, 0.05) is 27.7 Å². The fourth-order valence-corrected chi connectivity index (χ4v) is 3.09. The number of rotatable bonds is 4. The predicted octanol–water partition coefficient (Wildman–Crippen LogP) is 4.64. The second kappa shape index (κ2) is 6.89. The Kier molecular flexibility index (Phi) is 4.41. The number of hydrogen-bond donors (Lipinski definition) is 2. The predicted molar refractivity (Wildman–Crippen MR) is 103 cm³/mol. The fourth-order valence-electron chi connectivity index (χ4n) is 2.91. The summed E-state index contributed by atoms with van der Waals surface area (Å²) in [6.45, 7) is 1.85. The van der Waals surface area contributed by atoms with Gasteiger partial charge in [-0.2, -0.15) is 5.10 Å². The number of nitrogens with one attached hydrogen (secondary N) is 2. The van der Waals surface area contributed by atoms with E-state index in [-0.39, 0.29) is 17.8 Å². The summed E-state index contributed by atoms with van der Waals surface area (Å²) in [5.74, 6) is -0.603. The number of nitrogens with zero attached hydrogens (tertiary/aromatic N) is 2. The van der Waals surface area contributed by atoms with Crippen LogP contribution in [0.3, 0.4) is 0 Å². The number of halogens is 2. The summed E-state index contributed by atoms with van der Waals surface area (Å²) in [4.78, 5) is 15.6. The Morgan fingerprint density at radius 3 is 2.89 bits per heavy atom.